The smallest absolute Gasteiger partial charge is 0.155 e. The Labute approximate surface area is 101 Å². The van der Waals surface area contributed by atoms with E-state index in [0.29, 0.717) is 11.8 Å². The molecule has 0 amide bonds. The third-order valence-corrected chi connectivity index (χ3v) is 3.19. The van der Waals surface area contributed by atoms with Gasteiger partial charge in [-0.15, -0.1) is 0 Å². The zero-order chi connectivity index (χ0) is 13.1. The van der Waals surface area contributed by atoms with Crippen LogP contribution in [0.4, 0.5) is 0 Å². The standard InChI is InChI=1S/C14H29NO/c1-9-14(7,8)11(15-10(2)3)12(16)13(4,5)6/h10-11,15H,9H2,1-8H3/t11-/m1/s1. The number of Topliss-reactive ketones (excluding diaryl/α,β-unsaturated/α-hetero) is 1. The van der Waals surface area contributed by atoms with Crippen molar-refractivity contribution in [2.24, 2.45) is 10.8 Å². The molecule has 0 rings (SSSR count). The Kier molecular flexibility index (Phi) is 5.18. The molecule has 0 aromatic heterocycles. The second kappa shape index (κ2) is 5.31. The predicted octanol–water partition coefficient (Wildman–Crippen LogP) is 3.40. The number of carbonyl (C=O) groups excluding carboxylic acids is 1. The molecule has 0 aromatic rings. The number of carbonyl (C=O) groups is 1. The highest BCUT2D eigenvalue weighted by Gasteiger charge is 2.38. The Hall–Kier alpha value is -0.370. The molecule has 1 atom stereocenters. The highest BCUT2D eigenvalue weighted by Crippen LogP contribution is 2.31. The molecule has 0 unspecified atom stereocenters. The van der Waals surface area contributed by atoms with Gasteiger partial charge in [0, 0.05) is 11.5 Å². The fourth-order valence-electron chi connectivity index (χ4n) is 1.63. The zero-order valence-corrected chi connectivity index (χ0v) is 12.3. The molecule has 0 aliphatic heterocycles. The van der Waals surface area contributed by atoms with Gasteiger partial charge in [-0.05, 0) is 11.8 Å². The van der Waals surface area contributed by atoms with Crippen molar-refractivity contribution in [3.8, 4) is 0 Å². The van der Waals surface area contributed by atoms with Crippen LogP contribution < -0.4 is 5.32 Å². The van der Waals surface area contributed by atoms with E-state index in [-0.39, 0.29) is 16.9 Å². The highest BCUT2D eigenvalue weighted by molar-refractivity contribution is 5.89. The van der Waals surface area contributed by atoms with Crippen LogP contribution in [-0.4, -0.2) is 17.9 Å². The predicted molar refractivity (Wildman–Crippen MR) is 70.6 cm³/mol. The molecule has 0 saturated carbocycles. The number of rotatable bonds is 5. The molecular formula is C14H29NO. The molecule has 0 spiro atoms. The van der Waals surface area contributed by atoms with Crippen LogP contribution in [0.25, 0.3) is 0 Å². The van der Waals surface area contributed by atoms with Gasteiger partial charge in [-0.1, -0.05) is 55.4 Å². The van der Waals surface area contributed by atoms with Gasteiger partial charge in [0.15, 0.2) is 5.78 Å². The van der Waals surface area contributed by atoms with E-state index in [9.17, 15) is 4.79 Å². The number of hydrogen-bond donors (Lipinski definition) is 1. The Morgan fingerprint density at radius 2 is 1.56 bits per heavy atom. The maximum atomic E-state index is 12.4. The third kappa shape index (κ3) is 4.25. The van der Waals surface area contributed by atoms with E-state index in [1.165, 1.54) is 0 Å². The van der Waals surface area contributed by atoms with Crippen LogP contribution in [0.15, 0.2) is 0 Å². The van der Waals surface area contributed by atoms with Gasteiger partial charge in [0.25, 0.3) is 0 Å². The van der Waals surface area contributed by atoms with Gasteiger partial charge < -0.3 is 5.32 Å². The highest BCUT2D eigenvalue weighted by atomic mass is 16.1. The van der Waals surface area contributed by atoms with Crippen LogP contribution in [0.3, 0.4) is 0 Å². The minimum Gasteiger partial charge on any atom is -0.305 e. The molecular weight excluding hydrogens is 198 g/mol. The molecule has 1 N–H and O–H groups in total. The lowest BCUT2D eigenvalue weighted by Gasteiger charge is -2.38. The van der Waals surface area contributed by atoms with Gasteiger partial charge in [0.05, 0.1) is 6.04 Å². The zero-order valence-electron chi connectivity index (χ0n) is 12.3. The van der Waals surface area contributed by atoms with Gasteiger partial charge >= 0.3 is 0 Å². The molecule has 96 valence electrons. The number of hydrogen-bond acceptors (Lipinski definition) is 2. The first-order valence-corrected chi connectivity index (χ1v) is 6.32. The lowest BCUT2D eigenvalue weighted by atomic mass is 9.73. The van der Waals surface area contributed by atoms with Crippen LogP contribution in [0.1, 0.15) is 61.8 Å². The van der Waals surface area contributed by atoms with Gasteiger partial charge in [0.2, 0.25) is 0 Å². The molecule has 0 radical (unpaired) electrons. The Morgan fingerprint density at radius 3 is 1.81 bits per heavy atom. The van der Waals surface area contributed by atoms with Crippen molar-refractivity contribution in [1.82, 2.24) is 5.32 Å². The second-order valence-corrected chi connectivity index (χ2v) is 6.71. The van der Waals surface area contributed by atoms with E-state index in [2.05, 4.69) is 39.9 Å². The fourth-order valence-corrected chi connectivity index (χ4v) is 1.63. The van der Waals surface area contributed by atoms with Crippen molar-refractivity contribution in [3.63, 3.8) is 0 Å². The van der Waals surface area contributed by atoms with Crippen LogP contribution in [-0.2, 0) is 4.79 Å². The SMILES string of the molecule is CCC(C)(C)[C@H](NC(C)C)C(=O)C(C)(C)C. The van der Waals surface area contributed by atoms with Crippen molar-refractivity contribution in [1.29, 1.82) is 0 Å². The Bertz CT molecular complexity index is 236. The summed E-state index contributed by atoms with van der Waals surface area (Å²) in [6.07, 6.45) is 0.999. The largest absolute Gasteiger partial charge is 0.305 e. The van der Waals surface area contributed by atoms with Gasteiger partial charge in [-0.25, -0.2) is 0 Å². The first kappa shape index (κ1) is 15.6. The Balaban J connectivity index is 5.03. The summed E-state index contributed by atoms with van der Waals surface area (Å²) in [5.41, 5.74) is -0.270. The lowest BCUT2D eigenvalue weighted by molar-refractivity contribution is -0.131. The molecule has 0 aliphatic carbocycles. The molecule has 0 aliphatic rings. The molecule has 2 heteroatoms. The van der Waals surface area contributed by atoms with Crippen molar-refractivity contribution >= 4 is 5.78 Å². The average Bonchev–Trinajstić information content (AvgIpc) is 2.11. The van der Waals surface area contributed by atoms with E-state index in [0.717, 1.165) is 6.42 Å². The summed E-state index contributed by atoms with van der Waals surface area (Å²) < 4.78 is 0. The first-order valence-electron chi connectivity index (χ1n) is 6.32. The number of nitrogens with one attached hydrogen (secondary N) is 1. The van der Waals surface area contributed by atoms with Gasteiger partial charge in [-0.2, -0.15) is 0 Å². The molecule has 0 aromatic carbocycles. The summed E-state index contributed by atoms with van der Waals surface area (Å²) in [6.45, 7) is 16.6. The van der Waals surface area contributed by atoms with Crippen LogP contribution >= 0.6 is 0 Å². The van der Waals surface area contributed by atoms with Crippen molar-refractivity contribution in [2.45, 2.75) is 73.9 Å². The molecule has 0 saturated heterocycles. The second-order valence-electron chi connectivity index (χ2n) is 6.71. The van der Waals surface area contributed by atoms with E-state index in [1.807, 2.05) is 20.8 Å². The third-order valence-electron chi connectivity index (χ3n) is 3.19. The molecule has 2 nitrogen and oxygen atoms in total. The summed E-state index contributed by atoms with van der Waals surface area (Å²) in [4.78, 5) is 12.4. The summed E-state index contributed by atoms with van der Waals surface area (Å²) in [5, 5.41) is 3.43. The van der Waals surface area contributed by atoms with Crippen molar-refractivity contribution in [2.75, 3.05) is 0 Å². The van der Waals surface area contributed by atoms with Gasteiger partial charge in [-0.3, -0.25) is 4.79 Å². The van der Waals surface area contributed by atoms with Crippen molar-refractivity contribution in [3.05, 3.63) is 0 Å². The van der Waals surface area contributed by atoms with E-state index in [1.54, 1.807) is 0 Å². The van der Waals surface area contributed by atoms with Crippen molar-refractivity contribution < 1.29 is 4.79 Å². The maximum Gasteiger partial charge on any atom is 0.155 e. The molecule has 0 bridgehead atoms. The normalized spacial score (nSPS) is 15.3. The van der Waals surface area contributed by atoms with E-state index >= 15 is 0 Å². The minimum atomic E-state index is -0.279. The minimum absolute atomic E-state index is 0.00856. The molecule has 16 heavy (non-hydrogen) atoms. The first-order chi connectivity index (χ1) is 7.02. The summed E-state index contributed by atoms with van der Waals surface area (Å²) in [6, 6.07) is 0.277. The quantitative estimate of drug-likeness (QED) is 0.780. The van der Waals surface area contributed by atoms with Crippen LogP contribution in [0, 0.1) is 10.8 Å². The summed E-state index contributed by atoms with van der Waals surface area (Å²) >= 11 is 0. The maximum absolute atomic E-state index is 12.4. The Morgan fingerprint density at radius 1 is 1.12 bits per heavy atom. The molecule has 0 fully saturated rings. The number of ketones is 1. The topological polar surface area (TPSA) is 29.1 Å². The summed E-state index contributed by atoms with van der Waals surface area (Å²) in [5.74, 6) is 0.313. The monoisotopic (exact) mass is 227 g/mol. The van der Waals surface area contributed by atoms with E-state index < -0.39 is 0 Å². The van der Waals surface area contributed by atoms with Crippen LogP contribution in [0.2, 0.25) is 0 Å². The van der Waals surface area contributed by atoms with Gasteiger partial charge in [0.1, 0.15) is 0 Å². The molecule has 0 heterocycles. The average molecular weight is 227 g/mol. The fraction of sp³-hybridized carbons (Fsp3) is 0.929. The van der Waals surface area contributed by atoms with E-state index in [4.69, 9.17) is 0 Å². The van der Waals surface area contributed by atoms with Crippen LogP contribution in [0.5, 0.6) is 0 Å². The lowest BCUT2D eigenvalue weighted by Crippen LogP contribution is -2.53. The summed E-state index contributed by atoms with van der Waals surface area (Å²) in [7, 11) is 0.